The van der Waals surface area contributed by atoms with Crippen LogP contribution >= 0.6 is 11.8 Å². The molecule has 2 aromatic rings. The Kier molecular flexibility index (Phi) is 10.2. The predicted octanol–water partition coefficient (Wildman–Crippen LogP) is 3.75. The van der Waals surface area contributed by atoms with Crippen molar-refractivity contribution in [1.82, 2.24) is 15.5 Å². The maximum atomic E-state index is 14.0. The van der Waals surface area contributed by atoms with E-state index >= 15 is 0 Å². The van der Waals surface area contributed by atoms with Crippen molar-refractivity contribution in [1.29, 1.82) is 0 Å². The molecule has 0 spiro atoms. The number of thioether (sulfide) groups is 1. The minimum atomic E-state index is -0.703. The molecule has 1 aliphatic heterocycles. The van der Waals surface area contributed by atoms with Gasteiger partial charge in [0, 0.05) is 48.6 Å². The lowest BCUT2D eigenvalue weighted by Gasteiger charge is -2.25. The molecule has 7 nitrogen and oxygen atoms in total. The van der Waals surface area contributed by atoms with E-state index < -0.39 is 29.5 Å². The maximum absolute atomic E-state index is 14.0. The molecule has 1 heterocycles. The molecule has 198 valence electrons. The first-order chi connectivity index (χ1) is 17.7. The van der Waals surface area contributed by atoms with Gasteiger partial charge in [0.1, 0.15) is 17.7 Å². The number of nitrogens with zero attached hydrogens (tertiary/aromatic N) is 1. The van der Waals surface area contributed by atoms with E-state index in [4.69, 9.17) is 4.74 Å². The highest BCUT2D eigenvalue weighted by molar-refractivity contribution is 8.02. The molecular formula is C27H31F2N3O4S. The third-order valence-corrected chi connectivity index (χ3v) is 6.86. The summed E-state index contributed by atoms with van der Waals surface area (Å²) in [6.45, 7) is 7.81. The molecular weight excluding hydrogens is 500 g/mol. The summed E-state index contributed by atoms with van der Waals surface area (Å²) in [7, 11) is 0. The Balaban J connectivity index is 1.61. The van der Waals surface area contributed by atoms with Gasteiger partial charge in [-0.3, -0.25) is 14.4 Å². The maximum Gasteiger partial charge on any atom is 0.251 e. The highest BCUT2D eigenvalue weighted by atomic mass is 32.2. The number of hydrogen-bond donors (Lipinski definition) is 2. The van der Waals surface area contributed by atoms with E-state index in [0.717, 1.165) is 12.1 Å². The van der Waals surface area contributed by atoms with Crippen molar-refractivity contribution in [3.63, 3.8) is 0 Å². The molecule has 2 aromatic carbocycles. The molecule has 3 rings (SSSR count). The van der Waals surface area contributed by atoms with Crippen molar-refractivity contribution in [3.8, 4) is 11.1 Å². The molecule has 1 aliphatic rings. The molecule has 0 bridgehead atoms. The van der Waals surface area contributed by atoms with E-state index in [9.17, 15) is 23.2 Å². The number of ether oxygens (including phenoxy) is 1. The normalized spacial score (nSPS) is 17.8. The predicted molar refractivity (Wildman–Crippen MR) is 140 cm³/mol. The van der Waals surface area contributed by atoms with Crippen LogP contribution in [0.4, 0.5) is 8.78 Å². The Morgan fingerprint density at radius 1 is 1.22 bits per heavy atom. The van der Waals surface area contributed by atoms with Gasteiger partial charge in [0.05, 0.1) is 12.6 Å². The summed E-state index contributed by atoms with van der Waals surface area (Å²) in [5.74, 6) is -1.86. The van der Waals surface area contributed by atoms with Crippen molar-refractivity contribution in [3.05, 3.63) is 71.6 Å². The van der Waals surface area contributed by atoms with E-state index in [2.05, 4.69) is 17.2 Å². The van der Waals surface area contributed by atoms with Gasteiger partial charge >= 0.3 is 0 Å². The molecule has 1 saturated heterocycles. The van der Waals surface area contributed by atoms with Crippen molar-refractivity contribution < 1.29 is 27.9 Å². The van der Waals surface area contributed by atoms with Crippen molar-refractivity contribution in [2.75, 3.05) is 25.4 Å². The molecule has 0 radical (unpaired) electrons. The fourth-order valence-corrected chi connectivity index (χ4v) is 4.66. The van der Waals surface area contributed by atoms with Gasteiger partial charge in [-0.2, -0.15) is 0 Å². The smallest absolute Gasteiger partial charge is 0.251 e. The number of carbonyl (C=O) groups excluding carboxylic acids is 3. The second kappa shape index (κ2) is 13.3. The van der Waals surface area contributed by atoms with Crippen molar-refractivity contribution in [2.24, 2.45) is 0 Å². The van der Waals surface area contributed by atoms with Crippen LogP contribution in [0.2, 0.25) is 0 Å². The standard InChI is InChI=1S/C27H31F2N3O4S/c1-4-36-21-13-24(27(35)31-17(3)16-37-5-2)32(15-21)25(33)14-30-26(34)19-8-6-18(7-9-19)22-11-10-20(28)12-23(22)29/h5-12,17,21,24H,2,4,13-16H2,1,3H3,(H,30,34)(H,31,35)/t17?,21?,24-/m0/s1. The molecule has 3 amide bonds. The number of likely N-dealkylation sites (tertiary alicyclic amines) is 1. The Labute approximate surface area is 219 Å². The first kappa shape index (κ1) is 28.3. The zero-order valence-corrected chi connectivity index (χ0v) is 21.7. The molecule has 0 saturated carbocycles. The van der Waals surface area contributed by atoms with Crippen LogP contribution < -0.4 is 10.6 Å². The lowest BCUT2D eigenvalue weighted by atomic mass is 10.0. The molecule has 2 N–H and O–H groups in total. The lowest BCUT2D eigenvalue weighted by molar-refractivity contribution is -0.138. The number of carbonyl (C=O) groups is 3. The molecule has 0 aromatic heterocycles. The molecule has 0 aliphatic carbocycles. The van der Waals surface area contributed by atoms with Crippen LogP contribution in [0.3, 0.4) is 0 Å². The first-order valence-corrected chi connectivity index (χ1v) is 13.1. The fraction of sp³-hybridized carbons (Fsp3) is 0.370. The van der Waals surface area contributed by atoms with E-state index in [-0.39, 0.29) is 42.3 Å². The van der Waals surface area contributed by atoms with Gasteiger partial charge in [-0.05, 0) is 49.1 Å². The summed E-state index contributed by atoms with van der Waals surface area (Å²) >= 11 is 1.49. The number of halogens is 2. The summed E-state index contributed by atoms with van der Waals surface area (Å²) in [4.78, 5) is 40.0. The molecule has 3 atom stereocenters. The van der Waals surface area contributed by atoms with Gasteiger partial charge in [0.2, 0.25) is 11.8 Å². The number of amides is 3. The quantitative estimate of drug-likeness (QED) is 0.461. The molecule has 2 unspecified atom stereocenters. The average Bonchev–Trinajstić information content (AvgIpc) is 3.30. The first-order valence-electron chi connectivity index (χ1n) is 12.0. The van der Waals surface area contributed by atoms with E-state index in [1.807, 2.05) is 13.8 Å². The highest BCUT2D eigenvalue weighted by Gasteiger charge is 2.40. The van der Waals surface area contributed by atoms with E-state index in [1.165, 1.54) is 34.9 Å². The number of hydrogen-bond acceptors (Lipinski definition) is 5. The lowest BCUT2D eigenvalue weighted by Crippen LogP contribution is -2.50. The Hall–Kier alpha value is -3.24. The van der Waals surface area contributed by atoms with Gasteiger partial charge in [0.25, 0.3) is 5.91 Å². The fourth-order valence-electron chi connectivity index (χ4n) is 4.16. The largest absolute Gasteiger partial charge is 0.377 e. The third kappa shape index (κ3) is 7.62. The zero-order valence-electron chi connectivity index (χ0n) is 20.8. The van der Waals surface area contributed by atoms with Crippen molar-refractivity contribution >= 4 is 29.5 Å². The number of rotatable bonds is 11. The second-order valence-electron chi connectivity index (χ2n) is 8.67. The van der Waals surface area contributed by atoms with Gasteiger partial charge in [0.15, 0.2) is 0 Å². The minimum Gasteiger partial charge on any atom is -0.377 e. The summed E-state index contributed by atoms with van der Waals surface area (Å²) in [5.41, 5.74) is 0.970. The zero-order chi connectivity index (χ0) is 26.9. The summed E-state index contributed by atoms with van der Waals surface area (Å²) < 4.78 is 32.9. The van der Waals surface area contributed by atoms with Crippen molar-refractivity contribution in [2.45, 2.75) is 38.5 Å². The Morgan fingerprint density at radius 2 is 1.95 bits per heavy atom. The van der Waals surface area contributed by atoms with Crippen LogP contribution in [0.1, 0.15) is 30.6 Å². The van der Waals surface area contributed by atoms with Crippen LogP contribution in [0.15, 0.2) is 54.5 Å². The van der Waals surface area contributed by atoms with Crippen LogP contribution in [0, 0.1) is 11.6 Å². The van der Waals surface area contributed by atoms with Crippen LogP contribution in [0.25, 0.3) is 11.1 Å². The van der Waals surface area contributed by atoms with Crippen LogP contribution in [0.5, 0.6) is 0 Å². The second-order valence-corrected chi connectivity index (χ2v) is 9.67. The summed E-state index contributed by atoms with van der Waals surface area (Å²) in [6, 6.07) is 8.58. The molecule has 10 heteroatoms. The molecule has 37 heavy (non-hydrogen) atoms. The average molecular weight is 532 g/mol. The number of nitrogens with one attached hydrogen (secondary N) is 2. The summed E-state index contributed by atoms with van der Waals surface area (Å²) in [5, 5.41) is 7.22. The van der Waals surface area contributed by atoms with Gasteiger partial charge in [-0.25, -0.2) is 8.78 Å². The Morgan fingerprint density at radius 3 is 2.59 bits per heavy atom. The van der Waals surface area contributed by atoms with E-state index in [1.54, 1.807) is 17.5 Å². The van der Waals surface area contributed by atoms with Crippen LogP contribution in [-0.4, -0.2) is 66.3 Å². The van der Waals surface area contributed by atoms with Gasteiger partial charge < -0.3 is 20.3 Å². The monoisotopic (exact) mass is 531 g/mol. The number of benzene rings is 2. The molecule has 1 fully saturated rings. The van der Waals surface area contributed by atoms with Gasteiger partial charge in [-0.15, -0.1) is 11.8 Å². The Bertz CT molecular complexity index is 1130. The van der Waals surface area contributed by atoms with Crippen LogP contribution in [-0.2, 0) is 14.3 Å². The minimum absolute atomic E-state index is 0.107. The summed E-state index contributed by atoms with van der Waals surface area (Å²) in [6.07, 6.45) is 0.111. The topological polar surface area (TPSA) is 87.7 Å². The van der Waals surface area contributed by atoms with E-state index in [0.29, 0.717) is 24.3 Å². The SMILES string of the molecule is C=CSCC(C)NC(=O)[C@@H]1CC(OCC)CN1C(=O)CNC(=O)c1ccc(-c2ccc(F)cc2F)cc1. The third-order valence-electron chi connectivity index (χ3n) is 5.93. The van der Waals surface area contributed by atoms with Gasteiger partial charge in [-0.1, -0.05) is 18.7 Å². The highest BCUT2D eigenvalue weighted by Crippen LogP contribution is 2.24.